The first-order valence-corrected chi connectivity index (χ1v) is 7.63. The molecule has 0 unspecified atom stereocenters. The minimum Gasteiger partial charge on any atom is -0.336 e. The number of carbonyl (C=O) groups is 1. The SMILES string of the molecule is O=C1N2Cc3ccccc3-c3cc([N+](=O)[O-])cc(c32)C12OCCO2. The molecule has 7 nitrogen and oxygen atoms in total. The van der Waals surface area contributed by atoms with Crippen molar-refractivity contribution in [1.82, 2.24) is 0 Å². The van der Waals surface area contributed by atoms with E-state index in [1.807, 2.05) is 24.3 Å². The summed E-state index contributed by atoms with van der Waals surface area (Å²) in [5, 5.41) is 11.4. The maximum Gasteiger partial charge on any atom is 0.292 e. The summed E-state index contributed by atoms with van der Waals surface area (Å²) in [6, 6.07) is 10.5. The number of anilines is 1. The summed E-state index contributed by atoms with van der Waals surface area (Å²) >= 11 is 0. The van der Waals surface area contributed by atoms with Gasteiger partial charge in [0.2, 0.25) is 0 Å². The van der Waals surface area contributed by atoms with Crippen LogP contribution in [-0.2, 0) is 26.6 Å². The fourth-order valence-electron chi connectivity index (χ4n) is 3.80. The number of hydrogen-bond acceptors (Lipinski definition) is 5. The summed E-state index contributed by atoms with van der Waals surface area (Å²) in [5.41, 5.74) is 3.53. The second-order valence-corrected chi connectivity index (χ2v) is 6.01. The highest BCUT2D eigenvalue weighted by atomic mass is 16.7. The molecule has 0 N–H and O–H groups in total. The van der Waals surface area contributed by atoms with E-state index in [4.69, 9.17) is 9.47 Å². The average molecular weight is 324 g/mol. The molecule has 5 rings (SSSR count). The van der Waals surface area contributed by atoms with Crippen molar-refractivity contribution in [2.45, 2.75) is 12.3 Å². The Bertz CT molecular complexity index is 917. The van der Waals surface area contributed by atoms with Gasteiger partial charge in [-0.15, -0.1) is 0 Å². The predicted octanol–water partition coefficient (Wildman–Crippen LogP) is 2.32. The number of nitro benzene ring substituents is 1. The van der Waals surface area contributed by atoms with Crippen LogP contribution in [0.15, 0.2) is 36.4 Å². The average Bonchev–Trinajstić information content (AvgIpc) is 3.17. The monoisotopic (exact) mass is 324 g/mol. The minimum absolute atomic E-state index is 0.0754. The van der Waals surface area contributed by atoms with E-state index in [2.05, 4.69) is 0 Å². The maximum atomic E-state index is 13.0. The van der Waals surface area contributed by atoms with Crippen molar-refractivity contribution in [3.8, 4) is 11.1 Å². The third-order valence-electron chi connectivity index (χ3n) is 4.79. The zero-order valence-electron chi connectivity index (χ0n) is 12.5. The van der Waals surface area contributed by atoms with Crippen molar-refractivity contribution in [3.05, 3.63) is 57.6 Å². The van der Waals surface area contributed by atoms with Crippen molar-refractivity contribution in [1.29, 1.82) is 0 Å². The van der Waals surface area contributed by atoms with Crippen LogP contribution >= 0.6 is 0 Å². The molecule has 1 spiro atoms. The van der Waals surface area contributed by atoms with Crippen LogP contribution in [0.3, 0.4) is 0 Å². The number of carbonyl (C=O) groups excluding carboxylic acids is 1. The predicted molar refractivity (Wildman–Crippen MR) is 83.3 cm³/mol. The standard InChI is InChI=1S/C17H12N2O5/c20-16-17(23-5-6-24-17)14-8-11(19(21)22)7-13-12-4-2-1-3-10(12)9-18(16)15(13)14/h1-4,7-8H,5-6,9H2. The van der Waals surface area contributed by atoms with Gasteiger partial charge in [-0.3, -0.25) is 14.9 Å². The lowest BCUT2D eigenvalue weighted by Gasteiger charge is -2.27. The molecule has 3 heterocycles. The van der Waals surface area contributed by atoms with Crippen LogP contribution in [0.25, 0.3) is 11.1 Å². The number of benzene rings is 2. The van der Waals surface area contributed by atoms with E-state index in [9.17, 15) is 14.9 Å². The molecule has 3 aliphatic rings. The number of hydrogen-bond donors (Lipinski definition) is 0. The summed E-state index contributed by atoms with van der Waals surface area (Å²) in [6.07, 6.45) is 0. The first-order valence-electron chi connectivity index (χ1n) is 7.63. The molecule has 7 heteroatoms. The van der Waals surface area contributed by atoms with Gasteiger partial charge in [0.05, 0.1) is 35.9 Å². The van der Waals surface area contributed by atoms with Crippen LogP contribution in [0.1, 0.15) is 11.1 Å². The van der Waals surface area contributed by atoms with Crippen LogP contribution in [0.5, 0.6) is 0 Å². The molecule has 1 amide bonds. The van der Waals surface area contributed by atoms with Gasteiger partial charge in [-0.1, -0.05) is 24.3 Å². The molecule has 3 aliphatic heterocycles. The Labute approximate surface area is 136 Å². The third-order valence-corrected chi connectivity index (χ3v) is 4.79. The van der Waals surface area contributed by atoms with E-state index < -0.39 is 10.7 Å². The minimum atomic E-state index is -1.54. The third kappa shape index (κ3) is 1.50. The fraction of sp³-hybridized carbons (Fsp3) is 0.235. The van der Waals surface area contributed by atoms with Crippen molar-refractivity contribution in [2.75, 3.05) is 18.1 Å². The molecule has 2 aromatic carbocycles. The summed E-state index contributed by atoms with van der Waals surface area (Å²) in [5.74, 6) is -1.86. The molecule has 1 saturated heterocycles. The van der Waals surface area contributed by atoms with E-state index in [1.165, 1.54) is 12.1 Å². The second-order valence-electron chi connectivity index (χ2n) is 6.01. The van der Waals surface area contributed by atoms with E-state index in [1.54, 1.807) is 4.90 Å². The molecule has 0 atom stereocenters. The van der Waals surface area contributed by atoms with Gasteiger partial charge in [-0.25, -0.2) is 0 Å². The summed E-state index contributed by atoms with van der Waals surface area (Å²) in [6.45, 7) is 0.968. The molecular weight excluding hydrogens is 312 g/mol. The van der Waals surface area contributed by atoms with Gasteiger partial charge in [0.1, 0.15) is 0 Å². The van der Waals surface area contributed by atoms with Crippen LogP contribution in [0, 0.1) is 10.1 Å². The Kier molecular flexibility index (Phi) is 2.50. The fourth-order valence-corrected chi connectivity index (χ4v) is 3.80. The van der Waals surface area contributed by atoms with Gasteiger partial charge >= 0.3 is 0 Å². The highest BCUT2D eigenvalue weighted by Gasteiger charge is 2.58. The van der Waals surface area contributed by atoms with E-state index >= 15 is 0 Å². The second kappa shape index (κ2) is 4.40. The lowest BCUT2D eigenvalue weighted by Crippen LogP contribution is -2.41. The van der Waals surface area contributed by atoms with Crippen LogP contribution in [-0.4, -0.2) is 24.0 Å². The lowest BCUT2D eigenvalue weighted by atomic mass is 9.91. The number of nitrogens with zero attached hydrogens (tertiary/aromatic N) is 2. The summed E-state index contributed by atoms with van der Waals surface area (Å²) in [4.78, 5) is 25.5. The van der Waals surface area contributed by atoms with Crippen LogP contribution < -0.4 is 4.90 Å². The molecule has 0 radical (unpaired) electrons. The Morgan fingerprint density at radius 2 is 1.88 bits per heavy atom. The Morgan fingerprint density at radius 1 is 1.12 bits per heavy atom. The van der Waals surface area contributed by atoms with Crippen molar-refractivity contribution >= 4 is 17.3 Å². The smallest absolute Gasteiger partial charge is 0.292 e. The molecular formula is C17H12N2O5. The zero-order chi connectivity index (χ0) is 16.5. The highest BCUT2D eigenvalue weighted by Crippen LogP contribution is 2.54. The normalized spacial score (nSPS) is 19.5. The number of amides is 1. The molecule has 0 saturated carbocycles. The number of rotatable bonds is 1. The number of nitro groups is 1. The first kappa shape index (κ1) is 13.6. The molecule has 0 bridgehead atoms. The van der Waals surface area contributed by atoms with Crippen LogP contribution in [0.2, 0.25) is 0 Å². The largest absolute Gasteiger partial charge is 0.336 e. The highest BCUT2D eigenvalue weighted by molar-refractivity contribution is 6.11. The Morgan fingerprint density at radius 3 is 2.62 bits per heavy atom. The van der Waals surface area contributed by atoms with Gasteiger partial charge in [0.25, 0.3) is 17.4 Å². The van der Waals surface area contributed by atoms with Gasteiger partial charge in [0, 0.05) is 17.7 Å². The van der Waals surface area contributed by atoms with Crippen molar-refractivity contribution in [2.24, 2.45) is 0 Å². The lowest BCUT2D eigenvalue weighted by molar-refractivity contribution is -0.385. The Balaban J connectivity index is 1.87. The zero-order valence-corrected chi connectivity index (χ0v) is 12.5. The van der Waals surface area contributed by atoms with E-state index in [0.717, 1.165) is 11.1 Å². The molecule has 0 aliphatic carbocycles. The molecule has 0 aromatic heterocycles. The van der Waals surface area contributed by atoms with Crippen LogP contribution in [0.4, 0.5) is 11.4 Å². The summed E-state index contributed by atoms with van der Waals surface area (Å²) in [7, 11) is 0. The quantitative estimate of drug-likeness (QED) is 0.594. The molecule has 1 fully saturated rings. The molecule has 120 valence electrons. The van der Waals surface area contributed by atoms with Crippen molar-refractivity contribution < 1.29 is 19.2 Å². The number of fused-ring (bicyclic) bond motifs is 3. The number of non-ortho nitro benzene ring substituents is 1. The van der Waals surface area contributed by atoms with Gasteiger partial charge < -0.3 is 14.4 Å². The van der Waals surface area contributed by atoms with Gasteiger partial charge in [-0.05, 0) is 11.1 Å². The van der Waals surface area contributed by atoms with E-state index in [0.29, 0.717) is 23.4 Å². The van der Waals surface area contributed by atoms with Gasteiger partial charge in [-0.2, -0.15) is 0 Å². The molecule has 2 aromatic rings. The van der Waals surface area contributed by atoms with E-state index in [-0.39, 0.29) is 24.8 Å². The molecule has 24 heavy (non-hydrogen) atoms. The number of ether oxygens (including phenoxy) is 2. The first-order chi connectivity index (χ1) is 11.6. The van der Waals surface area contributed by atoms with Gasteiger partial charge in [0.15, 0.2) is 0 Å². The topological polar surface area (TPSA) is 81.9 Å². The Hall–Kier alpha value is -2.77. The maximum absolute atomic E-state index is 13.0. The van der Waals surface area contributed by atoms with Crippen molar-refractivity contribution in [3.63, 3.8) is 0 Å². The summed E-state index contributed by atoms with van der Waals surface area (Å²) < 4.78 is 11.3.